The van der Waals surface area contributed by atoms with Crippen LogP contribution in [0.5, 0.6) is 0 Å². The van der Waals surface area contributed by atoms with Gasteiger partial charge in [-0.25, -0.2) is 0 Å². The van der Waals surface area contributed by atoms with Crippen LogP contribution in [0, 0.1) is 5.41 Å². The maximum atomic E-state index is 12.8. The molecule has 2 heterocycles. The van der Waals surface area contributed by atoms with Crippen LogP contribution in [-0.4, -0.2) is 38.7 Å². The molecule has 2 fully saturated rings. The smallest absolute Gasteiger partial charge is 0.222 e. The summed E-state index contributed by atoms with van der Waals surface area (Å²) < 4.78 is 2.03. The molecule has 1 atom stereocenters. The van der Waals surface area contributed by atoms with E-state index < -0.39 is 0 Å². The molecular formula is C20H26N4O. The Hall–Kier alpha value is -2.17. The first-order chi connectivity index (χ1) is 12.2. The molecular weight excluding hydrogens is 312 g/mol. The number of carbonyl (C=O) groups excluding carboxylic acids is 1. The zero-order chi connectivity index (χ0) is 17.3. The first-order valence-corrected chi connectivity index (χ1v) is 9.34. The molecule has 1 amide bonds. The predicted octanol–water partition coefficient (Wildman–Crippen LogP) is 2.93. The third kappa shape index (κ3) is 3.08. The predicted molar refractivity (Wildman–Crippen MR) is 96.0 cm³/mol. The van der Waals surface area contributed by atoms with Crippen LogP contribution < -0.4 is 0 Å². The lowest BCUT2D eigenvalue weighted by molar-refractivity contribution is -0.130. The molecule has 2 aliphatic rings. The van der Waals surface area contributed by atoms with E-state index in [0.717, 1.165) is 25.3 Å². The molecule has 132 valence electrons. The minimum absolute atomic E-state index is 0.212. The van der Waals surface area contributed by atoms with E-state index in [9.17, 15) is 4.79 Å². The van der Waals surface area contributed by atoms with Gasteiger partial charge in [-0.15, -0.1) is 10.2 Å². The molecule has 0 N–H and O–H groups in total. The topological polar surface area (TPSA) is 51.0 Å². The van der Waals surface area contributed by atoms with Gasteiger partial charge in [0.05, 0.1) is 0 Å². The average molecular weight is 338 g/mol. The Kier molecular flexibility index (Phi) is 4.32. The summed E-state index contributed by atoms with van der Waals surface area (Å²) in [5, 5.41) is 8.46. The molecule has 1 aromatic carbocycles. The second-order valence-corrected chi connectivity index (χ2v) is 7.68. The van der Waals surface area contributed by atoms with Crippen LogP contribution in [0.3, 0.4) is 0 Å². The van der Waals surface area contributed by atoms with Crippen molar-refractivity contribution in [2.45, 2.75) is 44.4 Å². The summed E-state index contributed by atoms with van der Waals surface area (Å²) in [5.41, 5.74) is 1.44. The van der Waals surface area contributed by atoms with Gasteiger partial charge in [-0.2, -0.15) is 0 Å². The largest absolute Gasteiger partial charge is 0.341 e. The van der Waals surface area contributed by atoms with Crippen molar-refractivity contribution < 1.29 is 4.79 Å². The maximum absolute atomic E-state index is 12.8. The first kappa shape index (κ1) is 16.3. The van der Waals surface area contributed by atoms with Gasteiger partial charge in [0.2, 0.25) is 5.91 Å². The summed E-state index contributed by atoms with van der Waals surface area (Å²) in [6.45, 7) is 1.68. The van der Waals surface area contributed by atoms with Crippen LogP contribution in [0.4, 0.5) is 0 Å². The number of carbonyl (C=O) groups is 1. The van der Waals surface area contributed by atoms with Crippen molar-refractivity contribution in [2.75, 3.05) is 13.1 Å². The highest BCUT2D eigenvalue weighted by Gasteiger charge is 2.51. The molecule has 5 nitrogen and oxygen atoms in total. The molecule has 1 spiro atoms. The van der Waals surface area contributed by atoms with Gasteiger partial charge in [0, 0.05) is 32.5 Å². The fraction of sp³-hybridized carbons (Fsp3) is 0.550. The molecule has 4 rings (SSSR count). The number of hydrogen-bond donors (Lipinski definition) is 0. The third-order valence-corrected chi connectivity index (χ3v) is 6.13. The summed E-state index contributed by atoms with van der Waals surface area (Å²) in [6, 6.07) is 10.3. The Bertz CT molecular complexity index is 733. The number of benzene rings is 1. The van der Waals surface area contributed by atoms with Gasteiger partial charge in [0.1, 0.15) is 12.2 Å². The minimum Gasteiger partial charge on any atom is -0.341 e. The van der Waals surface area contributed by atoms with Crippen LogP contribution in [-0.2, 0) is 18.3 Å². The number of aromatic nitrogens is 3. The number of likely N-dealkylation sites (tertiary alicyclic amines) is 1. The van der Waals surface area contributed by atoms with Crippen molar-refractivity contribution in [3.63, 3.8) is 0 Å². The molecule has 0 bridgehead atoms. The highest BCUT2D eigenvalue weighted by Crippen LogP contribution is 2.52. The lowest BCUT2D eigenvalue weighted by Crippen LogP contribution is -2.31. The van der Waals surface area contributed by atoms with Crippen molar-refractivity contribution in [2.24, 2.45) is 12.5 Å². The van der Waals surface area contributed by atoms with E-state index in [1.165, 1.54) is 31.2 Å². The van der Waals surface area contributed by atoms with Gasteiger partial charge >= 0.3 is 0 Å². The lowest BCUT2D eigenvalue weighted by atomic mass is 9.76. The van der Waals surface area contributed by atoms with Gasteiger partial charge in [0.25, 0.3) is 0 Å². The number of rotatable bonds is 4. The van der Waals surface area contributed by atoms with Crippen molar-refractivity contribution in [1.29, 1.82) is 0 Å². The second kappa shape index (κ2) is 6.62. The molecule has 2 aromatic rings. The van der Waals surface area contributed by atoms with E-state index in [1.54, 1.807) is 6.33 Å². The Labute approximate surface area is 149 Å². The number of nitrogens with zero attached hydrogens (tertiary/aromatic N) is 4. The Morgan fingerprint density at radius 3 is 2.68 bits per heavy atom. The fourth-order valence-electron chi connectivity index (χ4n) is 4.76. The zero-order valence-corrected chi connectivity index (χ0v) is 14.9. The van der Waals surface area contributed by atoms with E-state index in [1.807, 2.05) is 29.8 Å². The fourth-order valence-corrected chi connectivity index (χ4v) is 4.76. The van der Waals surface area contributed by atoms with Gasteiger partial charge in [-0.1, -0.05) is 43.2 Å². The minimum atomic E-state index is 0.212. The van der Waals surface area contributed by atoms with Crippen LogP contribution in [0.2, 0.25) is 0 Å². The van der Waals surface area contributed by atoms with Gasteiger partial charge in [-0.05, 0) is 30.2 Å². The van der Waals surface area contributed by atoms with Crippen molar-refractivity contribution in [1.82, 2.24) is 19.7 Å². The van der Waals surface area contributed by atoms with Gasteiger partial charge in [-0.3, -0.25) is 4.79 Å². The van der Waals surface area contributed by atoms with E-state index >= 15 is 0 Å². The van der Waals surface area contributed by atoms with Crippen LogP contribution in [0.25, 0.3) is 0 Å². The normalized spacial score (nSPS) is 22.0. The van der Waals surface area contributed by atoms with Crippen molar-refractivity contribution >= 4 is 5.91 Å². The summed E-state index contributed by atoms with van der Waals surface area (Å²) in [6.07, 6.45) is 8.11. The quantitative estimate of drug-likeness (QED) is 0.861. The standard InChI is InChI=1S/C20H26N4O/c1-23-15-21-22-19(23)17-13-24(14-20(17)11-5-6-12-20)18(25)10-9-16-7-3-2-4-8-16/h2-4,7-8,15,17H,5-6,9-14H2,1H3. The van der Waals surface area contributed by atoms with Gasteiger partial charge < -0.3 is 9.47 Å². The molecule has 1 aromatic heterocycles. The molecule has 0 radical (unpaired) electrons. The van der Waals surface area contributed by atoms with E-state index in [-0.39, 0.29) is 11.3 Å². The summed E-state index contributed by atoms with van der Waals surface area (Å²) >= 11 is 0. The highest BCUT2D eigenvalue weighted by atomic mass is 16.2. The Morgan fingerprint density at radius 1 is 1.24 bits per heavy atom. The lowest BCUT2D eigenvalue weighted by Gasteiger charge is -2.28. The van der Waals surface area contributed by atoms with Crippen LogP contribution in [0.15, 0.2) is 36.7 Å². The maximum Gasteiger partial charge on any atom is 0.222 e. The van der Waals surface area contributed by atoms with Gasteiger partial charge in [0.15, 0.2) is 0 Å². The summed E-state index contributed by atoms with van der Waals surface area (Å²) in [4.78, 5) is 14.9. The number of aryl methyl sites for hydroxylation is 2. The molecule has 5 heteroatoms. The molecule has 1 saturated carbocycles. The van der Waals surface area contributed by atoms with Crippen molar-refractivity contribution in [3.8, 4) is 0 Å². The Balaban J connectivity index is 1.48. The van der Waals surface area contributed by atoms with E-state index in [4.69, 9.17) is 0 Å². The monoisotopic (exact) mass is 338 g/mol. The summed E-state index contributed by atoms with van der Waals surface area (Å²) in [7, 11) is 2.01. The third-order valence-electron chi connectivity index (χ3n) is 6.13. The molecule has 1 aliphatic heterocycles. The van der Waals surface area contributed by atoms with Crippen molar-refractivity contribution in [3.05, 3.63) is 48.0 Å². The molecule has 25 heavy (non-hydrogen) atoms. The van der Waals surface area contributed by atoms with E-state index in [0.29, 0.717) is 12.3 Å². The summed E-state index contributed by atoms with van der Waals surface area (Å²) in [5.74, 6) is 1.64. The highest BCUT2D eigenvalue weighted by molar-refractivity contribution is 5.77. The molecule has 1 saturated heterocycles. The zero-order valence-electron chi connectivity index (χ0n) is 14.9. The van der Waals surface area contributed by atoms with Crippen LogP contribution in [0.1, 0.15) is 49.4 Å². The average Bonchev–Trinajstić information content (AvgIpc) is 3.35. The Morgan fingerprint density at radius 2 is 2.00 bits per heavy atom. The molecule has 1 aliphatic carbocycles. The second-order valence-electron chi connectivity index (χ2n) is 7.68. The van der Waals surface area contributed by atoms with E-state index in [2.05, 4.69) is 27.2 Å². The number of amides is 1. The first-order valence-electron chi connectivity index (χ1n) is 9.34. The number of hydrogen-bond acceptors (Lipinski definition) is 3. The SMILES string of the molecule is Cn1cnnc1C1CN(C(=O)CCc2ccccc2)CC12CCCC2. The molecule has 1 unspecified atom stereocenters. The van der Waals surface area contributed by atoms with Crippen LogP contribution >= 0.6 is 0 Å².